The van der Waals surface area contributed by atoms with Crippen LogP contribution in [-0.4, -0.2) is 10.9 Å². The highest BCUT2D eigenvalue weighted by Crippen LogP contribution is 2.40. The second-order valence-corrected chi connectivity index (χ2v) is 6.86. The minimum Gasteiger partial charge on any atom is -0.346 e. The van der Waals surface area contributed by atoms with E-state index >= 15 is 0 Å². The number of allylic oxidation sites excluding steroid dienone is 5. The molecular formula is C21H23N2+. The van der Waals surface area contributed by atoms with Crippen molar-refractivity contribution in [2.75, 3.05) is 0 Å². The summed E-state index contributed by atoms with van der Waals surface area (Å²) in [5.41, 5.74) is 8.08. The summed E-state index contributed by atoms with van der Waals surface area (Å²) < 4.78 is 2.24. The lowest BCUT2D eigenvalue weighted by Crippen LogP contribution is -2.34. The van der Waals surface area contributed by atoms with Crippen molar-refractivity contribution >= 4 is 5.57 Å². The first-order valence-corrected chi connectivity index (χ1v) is 8.26. The van der Waals surface area contributed by atoms with Gasteiger partial charge in [0.2, 0.25) is 5.69 Å². The van der Waals surface area contributed by atoms with Crippen molar-refractivity contribution in [3.05, 3.63) is 83.0 Å². The summed E-state index contributed by atoms with van der Waals surface area (Å²) in [7, 11) is 2.14. The highest BCUT2D eigenvalue weighted by Gasteiger charge is 2.34. The third kappa shape index (κ3) is 2.21. The maximum Gasteiger partial charge on any atom is 0.212 e. The van der Waals surface area contributed by atoms with E-state index in [0.717, 1.165) is 0 Å². The van der Waals surface area contributed by atoms with Crippen molar-refractivity contribution in [2.45, 2.75) is 26.8 Å². The Bertz CT molecular complexity index is 834. The number of hydrogen-bond donors (Lipinski definition) is 0. The van der Waals surface area contributed by atoms with E-state index in [4.69, 9.17) is 0 Å². The molecule has 0 N–H and O–H groups in total. The Kier molecular flexibility index (Phi) is 3.15. The minimum absolute atomic E-state index is 0.441. The second-order valence-electron chi connectivity index (χ2n) is 6.86. The lowest BCUT2D eigenvalue weighted by Gasteiger charge is -2.27. The van der Waals surface area contributed by atoms with Crippen LogP contribution in [0.15, 0.2) is 66.2 Å². The van der Waals surface area contributed by atoms with Gasteiger partial charge in [0.05, 0.1) is 6.04 Å². The highest BCUT2D eigenvalue weighted by molar-refractivity contribution is 5.80. The van der Waals surface area contributed by atoms with Crippen LogP contribution in [0.1, 0.15) is 23.7 Å². The molecule has 0 spiro atoms. The van der Waals surface area contributed by atoms with Gasteiger partial charge in [-0.25, -0.2) is 4.57 Å². The van der Waals surface area contributed by atoms with Crippen molar-refractivity contribution in [2.24, 2.45) is 13.0 Å². The van der Waals surface area contributed by atoms with E-state index in [9.17, 15) is 0 Å². The monoisotopic (exact) mass is 303 g/mol. The molecule has 3 aliphatic rings. The van der Waals surface area contributed by atoms with Gasteiger partial charge in [-0.1, -0.05) is 18.2 Å². The third-order valence-electron chi connectivity index (χ3n) is 5.26. The molecule has 1 aromatic rings. The second kappa shape index (κ2) is 5.09. The first-order valence-electron chi connectivity index (χ1n) is 8.26. The minimum atomic E-state index is 0.441. The van der Waals surface area contributed by atoms with Crippen molar-refractivity contribution in [3.63, 3.8) is 0 Å². The van der Waals surface area contributed by atoms with E-state index < -0.39 is 0 Å². The largest absolute Gasteiger partial charge is 0.346 e. The van der Waals surface area contributed by atoms with Gasteiger partial charge in [0.15, 0.2) is 6.20 Å². The predicted octanol–water partition coefficient (Wildman–Crippen LogP) is 3.74. The molecule has 116 valence electrons. The molecule has 23 heavy (non-hydrogen) atoms. The number of pyridine rings is 1. The zero-order valence-electron chi connectivity index (χ0n) is 14.2. The first kappa shape index (κ1) is 14.3. The highest BCUT2D eigenvalue weighted by atomic mass is 15.1. The van der Waals surface area contributed by atoms with Gasteiger partial charge < -0.3 is 4.90 Å². The van der Waals surface area contributed by atoms with Gasteiger partial charge in [-0.2, -0.15) is 0 Å². The smallest absolute Gasteiger partial charge is 0.212 e. The van der Waals surface area contributed by atoms with E-state index in [-0.39, 0.29) is 0 Å². The fourth-order valence-corrected chi connectivity index (χ4v) is 3.81. The van der Waals surface area contributed by atoms with Gasteiger partial charge >= 0.3 is 0 Å². The Morgan fingerprint density at radius 3 is 2.74 bits per heavy atom. The van der Waals surface area contributed by atoms with Crippen LogP contribution >= 0.6 is 0 Å². The fraction of sp³-hybridized carbons (Fsp3) is 0.286. The molecule has 2 aliphatic heterocycles. The van der Waals surface area contributed by atoms with Crippen molar-refractivity contribution in [1.82, 2.24) is 4.90 Å². The number of nitrogens with zero attached hydrogens (tertiary/aromatic N) is 2. The number of hydrogen-bond acceptors (Lipinski definition) is 1. The summed E-state index contributed by atoms with van der Waals surface area (Å²) in [6.07, 6.45) is 18.1. The molecule has 0 bridgehead atoms. The van der Waals surface area contributed by atoms with Gasteiger partial charge in [-0.15, -0.1) is 0 Å². The first-order chi connectivity index (χ1) is 11.0. The zero-order chi connectivity index (χ0) is 16.1. The van der Waals surface area contributed by atoms with Crippen LogP contribution in [0.2, 0.25) is 0 Å². The molecule has 3 heterocycles. The van der Waals surface area contributed by atoms with Crippen molar-refractivity contribution in [1.29, 1.82) is 0 Å². The van der Waals surface area contributed by atoms with Gasteiger partial charge in [-0.05, 0) is 49.6 Å². The van der Waals surface area contributed by atoms with Gasteiger partial charge in [-0.3, -0.25) is 0 Å². The summed E-state index contributed by atoms with van der Waals surface area (Å²) in [6.45, 7) is 6.60. The Morgan fingerprint density at radius 1 is 1.09 bits per heavy atom. The predicted molar refractivity (Wildman–Crippen MR) is 94.3 cm³/mol. The zero-order valence-corrected chi connectivity index (χ0v) is 14.2. The number of aryl methyl sites for hydroxylation is 3. The maximum absolute atomic E-state index is 2.44. The SMILES string of the molecule is CC1=CC2C(=CN3C=CC=CC23)C=C1c1cc(C)c(C)c[n+]1C. The van der Waals surface area contributed by atoms with Gasteiger partial charge in [0.25, 0.3) is 0 Å². The molecule has 1 aliphatic carbocycles. The summed E-state index contributed by atoms with van der Waals surface area (Å²) >= 11 is 0. The summed E-state index contributed by atoms with van der Waals surface area (Å²) in [5, 5.41) is 0. The average molecular weight is 303 g/mol. The standard InChI is InChI=1S/C21H23N2/c1-14-10-21(22(4)12-16(14)3)18-11-17-13-23-8-6-5-7-20(23)19(17)9-15(18)2/h5-13,19-20H,1-4H3/q+1. The summed E-state index contributed by atoms with van der Waals surface area (Å²) in [4.78, 5) is 2.32. The lowest BCUT2D eigenvalue weighted by molar-refractivity contribution is -0.674. The lowest BCUT2D eigenvalue weighted by atomic mass is 9.83. The van der Waals surface area contributed by atoms with Crippen LogP contribution in [0.25, 0.3) is 5.57 Å². The molecule has 1 aromatic heterocycles. The van der Waals surface area contributed by atoms with Gasteiger partial charge in [0.1, 0.15) is 7.05 Å². The van der Waals surface area contributed by atoms with Crippen LogP contribution < -0.4 is 4.57 Å². The number of rotatable bonds is 1. The molecule has 0 amide bonds. The van der Waals surface area contributed by atoms with Crippen LogP contribution in [0, 0.1) is 19.8 Å². The van der Waals surface area contributed by atoms with Gasteiger partial charge in [0, 0.05) is 35.5 Å². The topological polar surface area (TPSA) is 7.12 Å². The molecule has 0 saturated heterocycles. The van der Waals surface area contributed by atoms with Crippen molar-refractivity contribution < 1.29 is 4.57 Å². The molecule has 0 saturated carbocycles. The van der Waals surface area contributed by atoms with E-state index in [1.807, 2.05) is 0 Å². The molecule has 4 rings (SSSR count). The van der Waals surface area contributed by atoms with E-state index in [1.54, 1.807) is 0 Å². The Hall–Kier alpha value is -2.35. The molecule has 0 fully saturated rings. The van der Waals surface area contributed by atoms with E-state index in [1.165, 1.54) is 33.5 Å². The summed E-state index contributed by atoms with van der Waals surface area (Å²) in [5.74, 6) is 0.469. The fourth-order valence-electron chi connectivity index (χ4n) is 3.81. The van der Waals surface area contributed by atoms with E-state index in [2.05, 4.69) is 92.3 Å². The normalized spacial score (nSPS) is 24.9. The Labute approximate surface area is 138 Å². The molecule has 0 aromatic carbocycles. The molecule has 2 atom stereocenters. The maximum atomic E-state index is 2.44. The quantitative estimate of drug-likeness (QED) is 0.717. The average Bonchev–Trinajstić information content (AvgIpc) is 2.88. The van der Waals surface area contributed by atoms with Crippen LogP contribution in [0.3, 0.4) is 0 Å². The van der Waals surface area contributed by atoms with E-state index in [0.29, 0.717) is 12.0 Å². The molecule has 2 nitrogen and oxygen atoms in total. The molecule has 2 unspecified atom stereocenters. The molecular weight excluding hydrogens is 280 g/mol. The Morgan fingerprint density at radius 2 is 1.91 bits per heavy atom. The number of aromatic nitrogens is 1. The number of fused-ring (bicyclic) bond motifs is 3. The molecule has 0 radical (unpaired) electrons. The van der Waals surface area contributed by atoms with Crippen LogP contribution in [0.5, 0.6) is 0 Å². The van der Waals surface area contributed by atoms with Crippen molar-refractivity contribution in [3.8, 4) is 0 Å². The molecule has 2 heteroatoms. The van der Waals surface area contributed by atoms with Crippen LogP contribution in [0.4, 0.5) is 0 Å². The summed E-state index contributed by atoms with van der Waals surface area (Å²) in [6, 6.07) is 2.75. The Balaban J connectivity index is 1.80. The van der Waals surface area contributed by atoms with Crippen LogP contribution in [-0.2, 0) is 7.05 Å². The third-order valence-corrected chi connectivity index (χ3v) is 5.26.